The third kappa shape index (κ3) is 5.35. The molecule has 4 heterocycles. The van der Waals surface area contributed by atoms with Crippen LogP contribution in [0.4, 0.5) is 0 Å². The first-order valence-electron chi connectivity index (χ1n) is 14.0. The minimum Gasteiger partial charge on any atom is -0.490 e. The van der Waals surface area contributed by atoms with Gasteiger partial charge in [0, 0.05) is 83.1 Å². The van der Waals surface area contributed by atoms with Gasteiger partial charge in [-0.25, -0.2) is 4.99 Å². The van der Waals surface area contributed by atoms with E-state index in [1.165, 1.54) is 0 Å². The van der Waals surface area contributed by atoms with Gasteiger partial charge in [-0.2, -0.15) is 0 Å². The number of guanidine groups is 1. The molecule has 10 heteroatoms. The zero-order valence-electron chi connectivity index (χ0n) is 22.4. The highest BCUT2D eigenvalue weighted by molar-refractivity contribution is 7.89. The van der Waals surface area contributed by atoms with Crippen LogP contribution in [-0.2, 0) is 15.5 Å². The largest absolute Gasteiger partial charge is 0.490 e. The van der Waals surface area contributed by atoms with E-state index in [1.807, 2.05) is 36.2 Å². The van der Waals surface area contributed by atoms with Gasteiger partial charge in [-0.05, 0) is 49.9 Å². The first-order valence-corrected chi connectivity index (χ1v) is 15.4. The van der Waals surface area contributed by atoms with Crippen LogP contribution in [0.5, 0.6) is 5.75 Å². The second kappa shape index (κ2) is 11.0. The number of benzene rings is 1. The molecule has 4 aliphatic heterocycles. The predicted molar refractivity (Wildman–Crippen MR) is 147 cm³/mol. The van der Waals surface area contributed by atoms with Crippen molar-refractivity contribution in [3.63, 3.8) is 0 Å². The molecule has 1 aromatic carbocycles. The molecule has 9 nitrogen and oxygen atoms in total. The number of likely N-dealkylation sites (tertiary alicyclic amines) is 1. The Hall–Kier alpha value is -2.43. The average molecular weight is 542 g/mol. The number of carbonyl (C=O) groups excluding carboxylic acids is 1. The summed E-state index contributed by atoms with van der Waals surface area (Å²) in [5.74, 6) is 2.52. The van der Waals surface area contributed by atoms with Gasteiger partial charge in [-0.15, -0.1) is 0 Å². The number of aliphatic imine (C=N–C) groups is 1. The number of amides is 1. The molecule has 1 saturated carbocycles. The monoisotopic (exact) mass is 541 g/mol. The molecule has 2 unspecified atom stereocenters. The first-order chi connectivity index (χ1) is 18.5. The lowest BCUT2D eigenvalue weighted by atomic mass is 10.1. The molecule has 3 fully saturated rings. The van der Waals surface area contributed by atoms with E-state index >= 15 is 0 Å². The fraction of sp³-hybridized carbons (Fsp3) is 0.643. The summed E-state index contributed by atoms with van der Waals surface area (Å²) in [5.41, 5.74) is 1.71. The summed E-state index contributed by atoms with van der Waals surface area (Å²) in [4.78, 5) is 25.0. The molecule has 1 aromatic rings. The SMILES string of the molecule is CN(C(=O)c1ccc(OC2CCN(C3=NC4=C(C(NC5CCOCC5)N3C)S(=O)CC4)CC2)cc1)C1CC1. The Morgan fingerprint density at radius 2 is 1.82 bits per heavy atom. The van der Waals surface area contributed by atoms with E-state index in [0.717, 1.165) is 93.6 Å². The van der Waals surface area contributed by atoms with E-state index in [4.69, 9.17) is 14.5 Å². The minimum atomic E-state index is -0.975. The van der Waals surface area contributed by atoms with Gasteiger partial charge < -0.3 is 24.2 Å². The highest BCUT2D eigenvalue weighted by atomic mass is 32.2. The number of allylic oxidation sites excluding steroid dienone is 1. The molecule has 5 aliphatic rings. The third-order valence-corrected chi connectivity index (χ3v) is 9.92. The molecule has 1 amide bonds. The van der Waals surface area contributed by atoms with Crippen LogP contribution in [0.25, 0.3) is 0 Å². The summed E-state index contributed by atoms with van der Waals surface area (Å²) in [6.45, 7) is 3.25. The lowest BCUT2D eigenvalue weighted by Gasteiger charge is -2.43. The van der Waals surface area contributed by atoms with E-state index < -0.39 is 10.8 Å². The number of rotatable bonds is 6. The van der Waals surface area contributed by atoms with Crippen LogP contribution in [0.3, 0.4) is 0 Å². The van der Waals surface area contributed by atoms with Crippen LogP contribution in [0.1, 0.15) is 55.3 Å². The number of likely N-dealkylation sites (N-methyl/N-ethyl adjacent to an activating group) is 1. The summed E-state index contributed by atoms with van der Waals surface area (Å²) >= 11 is 0. The van der Waals surface area contributed by atoms with Gasteiger partial charge in [0.05, 0.1) is 21.4 Å². The highest BCUT2D eigenvalue weighted by Gasteiger charge is 2.40. The molecule has 0 aromatic heterocycles. The van der Waals surface area contributed by atoms with Crippen molar-refractivity contribution in [2.75, 3.05) is 46.2 Å². The molecule has 38 heavy (non-hydrogen) atoms. The van der Waals surface area contributed by atoms with Crippen LogP contribution in [0.2, 0.25) is 0 Å². The molecule has 1 aliphatic carbocycles. The van der Waals surface area contributed by atoms with Crippen molar-refractivity contribution in [3.8, 4) is 5.75 Å². The molecule has 2 saturated heterocycles. The van der Waals surface area contributed by atoms with Crippen LogP contribution in [0, 0.1) is 0 Å². The van der Waals surface area contributed by atoms with Gasteiger partial charge in [-0.1, -0.05) is 0 Å². The quantitative estimate of drug-likeness (QED) is 0.592. The van der Waals surface area contributed by atoms with Gasteiger partial charge >= 0.3 is 0 Å². The van der Waals surface area contributed by atoms with Crippen molar-refractivity contribution in [1.82, 2.24) is 20.0 Å². The van der Waals surface area contributed by atoms with Crippen molar-refractivity contribution in [2.45, 2.75) is 69.3 Å². The Morgan fingerprint density at radius 3 is 2.50 bits per heavy atom. The molecule has 0 bridgehead atoms. The second-order valence-electron chi connectivity index (χ2n) is 11.1. The van der Waals surface area contributed by atoms with Crippen molar-refractivity contribution in [3.05, 3.63) is 40.4 Å². The smallest absolute Gasteiger partial charge is 0.253 e. The third-order valence-electron chi connectivity index (χ3n) is 8.40. The Kier molecular flexibility index (Phi) is 7.46. The van der Waals surface area contributed by atoms with Crippen LogP contribution >= 0.6 is 0 Å². The van der Waals surface area contributed by atoms with Gasteiger partial charge in [0.15, 0.2) is 0 Å². The molecule has 0 radical (unpaired) electrons. The number of ether oxygens (including phenoxy) is 2. The lowest BCUT2D eigenvalue weighted by molar-refractivity contribution is 0.0706. The minimum absolute atomic E-state index is 0.0821. The maximum atomic E-state index is 12.9. The summed E-state index contributed by atoms with van der Waals surface area (Å²) in [5, 5.41) is 3.78. The van der Waals surface area contributed by atoms with Gasteiger partial charge in [0.1, 0.15) is 18.0 Å². The molecular weight excluding hydrogens is 502 g/mol. The second-order valence-corrected chi connectivity index (χ2v) is 12.6. The number of hydrogen-bond acceptors (Lipinski definition) is 8. The lowest BCUT2D eigenvalue weighted by Crippen LogP contribution is -2.59. The standard InChI is InChI=1S/C28H39N5O4S/c1-31(21-5-6-21)27(34)19-3-7-22(8-4-19)37-23-9-14-33(15-10-23)28-30-24-13-18-38(35)25(24)26(32(28)2)29-20-11-16-36-17-12-20/h3-4,7-8,20-21,23,26,29H,5-6,9-18H2,1-2H3. The van der Waals surface area contributed by atoms with Crippen LogP contribution in [-0.4, -0.2) is 101 Å². The summed E-state index contributed by atoms with van der Waals surface area (Å²) in [7, 11) is 2.98. The molecule has 6 rings (SSSR count). The number of hydrogen-bond donors (Lipinski definition) is 1. The van der Waals surface area contributed by atoms with Gasteiger partial charge in [-0.3, -0.25) is 14.3 Å². The predicted octanol–water partition coefficient (Wildman–Crippen LogP) is 2.52. The molecule has 0 spiro atoms. The van der Waals surface area contributed by atoms with E-state index in [9.17, 15) is 9.00 Å². The summed E-state index contributed by atoms with van der Waals surface area (Å²) in [6, 6.07) is 8.35. The van der Waals surface area contributed by atoms with Crippen molar-refractivity contribution >= 4 is 22.7 Å². The Morgan fingerprint density at radius 1 is 1.11 bits per heavy atom. The van der Waals surface area contributed by atoms with Crippen molar-refractivity contribution in [1.29, 1.82) is 0 Å². The fourth-order valence-corrected chi connectivity index (χ4v) is 7.36. The van der Waals surface area contributed by atoms with Gasteiger partial charge in [0.25, 0.3) is 5.91 Å². The molecular formula is C28H39N5O4S. The normalized spacial score (nSPS) is 26.8. The molecule has 206 valence electrons. The number of carbonyl (C=O) groups is 1. The molecule has 2 atom stereocenters. The van der Waals surface area contributed by atoms with Crippen molar-refractivity contribution < 1.29 is 18.5 Å². The Labute approximate surface area is 227 Å². The van der Waals surface area contributed by atoms with E-state index in [0.29, 0.717) is 23.4 Å². The van der Waals surface area contributed by atoms with E-state index in [-0.39, 0.29) is 18.2 Å². The number of nitrogens with one attached hydrogen (secondary N) is 1. The average Bonchev–Trinajstić information content (AvgIpc) is 3.73. The number of nitrogens with zero attached hydrogens (tertiary/aromatic N) is 4. The first kappa shape index (κ1) is 25.8. The summed E-state index contributed by atoms with van der Waals surface area (Å²) < 4.78 is 24.7. The Balaban J connectivity index is 1.07. The fourth-order valence-electron chi connectivity index (χ4n) is 5.88. The zero-order chi connectivity index (χ0) is 26.2. The van der Waals surface area contributed by atoms with Gasteiger partial charge in [0.2, 0.25) is 5.96 Å². The zero-order valence-corrected chi connectivity index (χ0v) is 23.3. The summed E-state index contributed by atoms with van der Waals surface area (Å²) in [6.07, 6.45) is 6.77. The maximum Gasteiger partial charge on any atom is 0.253 e. The van der Waals surface area contributed by atoms with E-state index in [1.54, 1.807) is 0 Å². The maximum absolute atomic E-state index is 12.9. The Bertz CT molecular complexity index is 1120. The molecule has 1 N–H and O–H groups in total. The van der Waals surface area contributed by atoms with Crippen LogP contribution < -0.4 is 10.1 Å². The van der Waals surface area contributed by atoms with E-state index in [2.05, 4.69) is 22.2 Å². The van der Waals surface area contributed by atoms with Crippen LogP contribution in [0.15, 0.2) is 39.9 Å². The number of piperidine rings is 1. The van der Waals surface area contributed by atoms with Crippen molar-refractivity contribution in [2.24, 2.45) is 4.99 Å². The highest BCUT2D eigenvalue weighted by Crippen LogP contribution is 2.33. The topological polar surface area (TPSA) is 86.7 Å².